The standard InChI is InChI=1S/C23H23NO4/c1-15(2)27-14-8-13-24-20(16-9-4-3-5-10-16)19-21(25)17-11-6-7-12-18(17)28-22(19)23(24)26/h3-7,9-12,15,20H,8,13-14H2,1-2H3/t20-/m0/s1. The van der Waals surface area contributed by atoms with Gasteiger partial charge in [0.15, 0.2) is 5.43 Å². The third-order valence-electron chi connectivity index (χ3n) is 4.98. The van der Waals surface area contributed by atoms with E-state index in [1.807, 2.05) is 44.2 Å². The molecule has 0 saturated carbocycles. The number of hydrogen-bond donors (Lipinski definition) is 0. The van der Waals surface area contributed by atoms with Gasteiger partial charge in [-0.25, -0.2) is 0 Å². The molecule has 1 aliphatic heterocycles. The van der Waals surface area contributed by atoms with Crippen molar-refractivity contribution in [1.29, 1.82) is 0 Å². The Morgan fingerprint density at radius 2 is 1.75 bits per heavy atom. The zero-order valence-electron chi connectivity index (χ0n) is 16.1. The van der Waals surface area contributed by atoms with E-state index in [2.05, 4.69) is 0 Å². The summed E-state index contributed by atoms with van der Waals surface area (Å²) in [6.07, 6.45) is 0.833. The van der Waals surface area contributed by atoms with Crippen LogP contribution >= 0.6 is 0 Å². The number of benzene rings is 2. The third-order valence-corrected chi connectivity index (χ3v) is 4.98. The summed E-state index contributed by atoms with van der Waals surface area (Å²) < 4.78 is 11.5. The van der Waals surface area contributed by atoms with Crippen LogP contribution in [0.1, 0.15) is 48.0 Å². The second kappa shape index (κ2) is 7.60. The minimum Gasteiger partial charge on any atom is -0.450 e. The molecule has 5 heteroatoms. The van der Waals surface area contributed by atoms with Crippen LogP contribution < -0.4 is 5.43 Å². The minimum absolute atomic E-state index is 0.139. The van der Waals surface area contributed by atoms with Crippen molar-refractivity contribution in [2.24, 2.45) is 0 Å². The van der Waals surface area contributed by atoms with Gasteiger partial charge < -0.3 is 14.1 Å². The maximum atomic E-state index is 13.3. The molecule has 28 heavy (non-hydrogen) atoms. The van der Waals surface area contributed by atoms with Gasteiger partial charge >= 0.3 is 0 Å². The maximum Gasteiger partial charge on any atom is 0.290 e. The van der Waals surface area contributed by atoms with E-state index < -0.39 is 6.04 Å². The van der Waals surface area contributed by atoms with Crippen LogP contribution in [0.4, 0.5) is 0 Å². The maximum absolute atomic E-state index is 13.3. The first kappa shape index (κ1) is 18.4. The van der Waals surface area contributed by atoms with E-state index in [0.717, 1.165) is 5.56 Å². The third kappa shape index (κ3) is 3.22. The fourth-order valence-electron chi connectivity index (χ4n) is 3.73. The fourth-order valence-corrected chi connectivity index (χ4v) is 3.73. The van der Waals surface area contributed by atoms with E-state index in [9.17, 15) is 9.59 Å². The molecule has 1 aromatic heterocycles. The van der Waals surface area contributed by atoms with Gasteiger partial charge in [0.1, 0.15) is 5.58 Å². The van der Waals surface area contributed by atoms with Gasteiger partial charge in [-0.2, -0.15) is 0 Å². The molecule has 0 N–H and O–H groups in total. The lowest BCUT2D eigenvalue weighted by Gasteiger charge is -2.25. The van der Waals surface area contributed by atoms with Gasteiger partial charge in [-0.05, 0) is 38.0 Å². The number of hydrogen-bond acceptors (Lipinski definition) is 4. The number of ether oxygens (including phenoxy) is 1. The fraction of sp³-hybridized carbons (Fsp3) is 0.304. The zero-order valence-corrected chi connectivity index (χ0v) is 16.1. The molecule has 0 radical (unpaired) electrons. The van der Waals surface area contributed by atoms with E-state index in [4.69, 9.17) is 9.15 Å². The van der Waals surface area contributed by atoms with Crippen molar-refractivity contribution in [3.05, 3.63) is 81.7 Å². The first-order chi connectivity index (χ1) is 13.6. The first-order valence-corrected chi connectivity index (χ1v) is 9.61. The lowest BCUT2D eigenvalue weighted by atomic mass is 9.98. The summed E-state index contributed by atoms with van der Waals surface area (Å²) in [5, 5.41) is 0.500. The molecule has 0 aliphatic carbocycles. The number of carbonyl (C=O) groups excluding carboxylic acids is 1. The van der Waals surface area contributed by atoms with Gasteiger partial charge in [-0.15, -0.1) is 0 Å². The van der Waals surface area contributed by atoms with Crippen molar-refractivity contribution < 1.29 is 13.9 Å². The number of carbonyl (C=O) groups is 1. The van der Waals surface area contributed by atoms with Crippen LogP contribution in [0.25, 0.3) is 11.0 Å². The Hall–Kier alpha value is -2.92. The number of amides is 1. The van der Waals surface area contributed by atoms with Crippen molar-refractivity contribution in [2.45, 2.75) is 32.4 Å². The SMILES string of the molecule is CC(C)OCCCN1C(=O)c2oc3ccccc3c(=O)c2[C@@H]1c1ccccc1. The molecule has 3 aromatic rings. The molecule has 0 bridgehead atoms. The number of fused-ring (bicyclic) bond motifs is 2. The highest BCUT2D eigenvalue weighted by atomic mass is 16.5. The zero-order chi connectivity index (χ0) is 19.7. The van der Waals surface area contributed by atoms with Gasteiger partial charge in [-0.3, -0.25) is 9.59 Å². The van der Waals surface area contributed by atoms with E-state index in [-0.39, 0.29) is 23.2 Å². The van der Waals surface area contributed by atoms with Crippen LogP contribution in [0.2, 0.25) is 0 Å². The molecule has 1 aliphatic rings. The summed E-state index contributed by atoms with van der Waals surface area (Å²) >= 11 is 0. The van der Waals surface area contributed by atoms with Crippen molar-refractivity contribution in [1.82, 2.24) is 4.90 Å². The van der Waals surface area contributed by atoms with Crippen LogP contribution in [0.15, 0.2) is 63.8 Å². The largest absolute Gasteiger partial charge is 0.450 e. The molecule has 1 atom stereocenters. The Labute approximate surface area is 163 Å². The predicted molar refractivity (Wildman–Crippen MR) is 108 cm³/mol. The Bertz CT molecular complexity index is 1060. The highest BCUT2D eigenvalue weighted by Gasteiger charge is 2.42. The molecule has 4 rings (SSSR count). The normalized spacial score (nSPS) is 16.2. The van der Waals surface area contributed by atoms with Gasteiger partial charge in [0.2, 0.25) is 5.76 Å². The van der Waals surface area contributed by atoms with Gasteiger partial charge in [-0.1, -0.05) is 42.5 Å². The van der Waals surface area contributed by atoms with Crippen LogP contribution in [-0.2, 0) is 4.74 Å². The Morgan fingerprint density at radius 1 is 1.04 bits per heavy atom. The minimum atomic E-state index is -0.441. The second-order valence-corrected chi connectivity index (χ2v) is 7.26. The lowest BCUT2D eigenvalue weighted by molar-refractivity contribution is 0.0593. The highest BCUT2D eigenvalue weighted by molar-refractivity contribution is 5.99. The molecular formula is C23H23NO4. The molecule has 0 unspecified atom stereocenters. The van der Waals surface area contributed by atoms with Gasteiger partial charge in [0.05, 0.1) is 23.1 Å². The molecule has 0 spiro atoms. The Kier molecular flexibility index (Phi) is 5.01. The van der Waals surface area contributed by atoms with E-state index in [1.54, 1.807) is 29.2 Å². The van der Waals surface area contributed by atoms with Gasteiger partial charge in [0.25, 0.3) is 5.91 Å². The molecule has 0 fully saturated rings. The van der Waals surface area contributed by atoms with Crippen molar-refractivity contribution in [3.8, 4) is 0 Å². The quantitative estimate of drug-likeness (QED) is 0.606. The second-order valence-electron chi connectivity index (χ2n) is 7.26. The number of para-hydroxylation sites is 1. The summed E-state index contributed by atoms with van der Waals surface area (Å²) in [5.74, 6) is -0.0846. The molecule has 0 saturated heterocycles. The summed E-state index contributed by atoms with van der Waals surface area (Å²) in [6.45, 7) is 5.02. The molecule has 1 amide bonds. The summed E-state index contributed by atoms with van der Waals surface area (Å²) in [5.41, 5.74) is 1.64. The van der Waals surface area contributed by atoms with E-state index in [0.29, 0.717) is 36.1 Å². The molecule has 2 heterocycles. The summed E-state index contributed by atoms with van der Waals surface area (Å²) in [4.78, 5) is 28.1. The van der Waals surface area contributed by atoms with E-state index >= 15 is 0 Å². The summed E-state index contributed by atoms with van der Waals surface area (Å²) in [7, 11) is 0. The average molecular weight is 377 g/mol. The van der Waals surface area contributed by atoms with Crippen LogP contribution in [0.5, 0.6) is 0 Å². The summed E-state index contributed by atoms with van der Waals surface area (Å²) in [6, 6.07) is 16.3. The topological polar surface area (TPSA) is 59.8 Å². The smallest absolute Gasteiger partial charge is 0.290 e. The molecule has 5 nitrogen and oxygen atoms in total. The first-order valence-electron chi connectivity index (χ1n) is 9.61. The average Bonchev–Trinajstić information content (AvgIpc) is 2.98. The number of rotatable bonds is 6. The Morgan fingerprint density at radius 3 is 2.50 bits per heavy atom. The monoisotopic (exact) mass is 377 g/mol. The molecule has 144 valence electrons. The molecular weight excluding hydrogens is 354 g/mol. The lowest BCUT2D eigenvalue weighted by Crippen LogP contribution is -2.31. The number of nitrogens with zero attached hydrogens (tertiary/aromatic N) is 1. The van der Waals surface area contributed by atoms with Crippen molar-refractivity contribution >= 4 is 16.9 Å². The van der Waals surface area contributed by atoms with Crippen molar-refractivity contribution in [3.63, 3.8) is 0 Å². The Balaban J connectivity index is 1.79. The predicted octanol–water partition coefficient (Wildman–Crippen LogP) is 4.15. The molecule has 2 aromatic carbocycles. The van der Waals surface area contributed by atoms with Crippen LogP contribution in [0, 0.1) is 0 Å². The van der Waals surface area contributed by atoms with E-state index in [1.165, 1.54) is 0 Å². The van der Waals surface area contributed by atoms with Crippen LogP contribution in [0.3, 0.4) is 0 Å². The van der Waals surface area contributed by atoms with Crippen LogP contribution in [-0.4, -0.2) is 30.1 Å². The highest BCUT2D eigenvalue weighted by Crippen LogP contribution is 2.38. The van der Waals surface area contributed by atoms with Crippen molar-refractivity contribution in [2.75, 3.05) is 13.2 Å². The van der Waals surface area contributed by atoms with Gasteiger partial charge in [0, 0.05) is 13.2 Å².